The molecule has 0 saturated carbocycles. The minimum absolute atomic E-state index is 0.189. The highest BCUT2D eigenvalue weighted by atomic mass is 79.9. The van der Waals surface area contributed by atoms with Crippen LogP contribution in [0.4, 0.5) is 0 Å². The molecule has 1 aromatic carbocycles. The lowest BCUT2D eigenvalue weighted by molar-refractivity contribution is 0.270. The smallest absolute Gasteiger partial charge is 0.244 e. The number of halogens is 2. The van der Waals surface area contributed by atoms with Gasteiger partial charge in [0, 0.05) is 17.6 Å². The van der Waals surface area contributed by atoms with Crippen molar-refractivity contribution >= 4 is 37.6 Å². The van der Waals surface area contributed by atoms with Gasteiger partial charge in [-0.25, -0.2) is 8.42 Å². The molecular weight excluding hydrogens is 364 g/mol. The molecule has 7 heteroatoms. The van der Waals surface area contributed by atoms with E-state index in [2.05, 4.69) is 21.2 Å². The first-order valence-electron chi connectivity index (χ1n) is 6.55. The number of benzene rings is 1. The van der Waals surface area contributed by atoms with Gasteiger partial charge in [0.15, 0.2) is 0 Å². The summed E-state index contributed by atoms with van der Waals surface area (Å²) in [6.07, 6.45) is 1.77. The van der Waals surface area contributed by atoms with Crippen molar-refractivity contribution in [2.24, 2.45) is 5.92 Å². The highest BCUT2D eigenvalue weighted by Gasteiger charge is 2.30. The predicted octanol–water partition coefficient (Wildman–Crippen LogP) is 2.72. The largest absolute Gasteiger partial charge is 0.319 e. The fraction of sp³-hybridized carbons (Fsp3) is 0.538. The van der Waals surface area contributed by atoms with Gasteiger partial charge in [-0.2, -0.15) is 4.31 Å². The zero-order valence-electron chi connectivity index (χ0n) is 11.3. The van der Waals surface area contributed by atoms with Gasteiger partial charge in [0.25, 0.3) is 0 Å². The van der Waals surface area contributed by atoms with Crippen molar-refractivity contribution < 1.29 is 8.42 Å². The Hall–Kier alpha value is -0.140. The number of hydrogen-bond donors (Lipinski definition) is 1. The normalized spacial score (nSPS) is 18.4. The Morgan fingerprint density at radius 1 is 1.40 bits per heavy atom. The van der Waals surface area contributed by atoms with Crippen LogP contribution in [0.25, 0.3) is 0 Å². The monoisotopic (exact) mass is 380 g/mol. The summed E-state index contributed by atoms with van der Waals surface area (Å²) in [5, 5.41) is 3.40. The van der Waals surface area contributed by atoms with Crippen molar-refractivity contribution in [1.82, 2.24) is 9.62 Å². The van der Waals surface area contributed by atoms with Crippen LogP contribution >= 0.6 is 27.5 Å². The first-order chi connectivity index (χ1) is 9.45. The maximum Gasteiger partial charge on any atom is 0.244 e. The second-order valence-corrected chi connectivity index (χ2v) is 8.21. The molecule has 4 nitrogen and oxygen atoms in total. The molecule has 1 saturated heterocycles. The number of nitrogens with zero attached hydrogens (tertiary/aromatic N) is 1. The summed E-state index contributed by atoms with van der Waals surface area (Å²) in [6.45, 7) is 2.05. The first kappa shape index (κ1) is 16.2. The van der Waals surface area contributed by atoms with E-state index in [0.717, 1.165) is 23.9 Å². The van der Waals surface area contributed by atoms with Crippen LogP contribution in [0.2, 0.25) is 5.02 Å². The molecule has 1 aliphatic heterocycles. The zero-order chi connectivity index (χ0) is 14.8. The van der Waals surface area contributed by atoms with Crippen molar-refractivity contribution in [3.8, 4) is 0 Å². The molecule has 112 valence electrons. The Labute approximate surface area is 133 Å². The van der Waals surface area contributed by atoms with E-state index in [9.17, 15) is 8.42 Å². The van der Waals surface area contributed by atoms with E-state index >= 15 is 0 Å². The maximum atomic E-state index is 12.6. The molecule has 0 bridgehead atoms. The first-order valence-corrected chi connectivity index (χ1v) is 9.16. The van der Waals surface area contributed by atoms with Crippen molar-refractivity contribution in [1.29, 1.82) is 0 Å². The highest BCUT2D eigenvalue weighted by Crippen LogP contribution is 2.30. The summed E-state index contributed by atoms with van der Waals surface area (Å²) in [4.78, 5) is 0.189. The van der Waals surface area contributed by atoms with Crippen LogP contribution < -0.4 is 5.32 Å². The summed E-state index contributed by atoms with van der Waals surface area (Å²) in [7, 11) is -1.57. The van der Waals surface area contributed by atoms with Crippen molar-refractivity contribution in [3.05, 3.63) is 27.7 Å². The topological polar surface area (TPSA) is 49.4 Å². The van der Waals surface area contributed by atoms with Gasteiger partial charge >= 0.3 is 0 Å². The molecule has 1 N–H and O–H groups in total. The van der Waals surface area contributed by atoms with Crippen LogP contribution in [-0.4, -0.2) is 39.4 Å². The Kier molecular flexibility index (Phi) is 5.48. The summed E-state index contributed by atoms with van der Waals surface area (Å²) in [5.41, 5.74) is 0. The fourth-order valence-electron chi connectivity index (χ4n) is 2.47. The fourth-order valence-corrected chi connectivity index (χ4v) is 4.95. The minimum atomic E-state index is -3.49. The van der Waals surface area contributed by atoms with Gasteiger partial charge < -0.3 is 5.32 Å². The van der Waals surface area contributed by atoms with Crippen LogP contribution in [0.3, 0.4) is 0 Å². The van der Waals surface area contributed by atoms with Gasteiger partial charge in [0.2, 0.25) is 10.0 Å². The van der Waals surface area contributed by atoms with E-state index in [-0.39, 0.29) is 9.92 Å². The molecule has 0 aliphatic carbocycles. The lowest BCUT2D eigenvalue weighted by Gasteiger charge is -2.31. The van der Waals surface area contributed by atoms with Gasteiger partial charge in [-0.05, 0) is 50.6 Å². The lowest BCUT2D eigenvalue weighted by Crippen LogP contribution is -2.40. The Balaban J connectivity index is 2.15. The minimum Gasteiger partial charge on any atom is -0.319 e. The van der Waals surface area contributed by atoms with Gasteiger partial charge in [-0.3, -0.25) is 0 Å². The van der Waals surface area contributed by atoms with E-state index in [1.54, 1.807) is 18.2 Å². The second kappa shape index (κ2) is 6.75. The molecule has 0 radical (unpaired) electrons. The molecule has 0 aromatic heterocycles. The molecule has 0 spiro atoms. The van der Waals surface area contributed by atoms with E-state index in [4.69, 9.17) is 11.6 Å². The zero-order valence-corrected chi connectivity index (χ0v) is 14.4. The number of piperidine rings is 1. The van der Waals surface area contributed by atoms with E-state index < -0.39 is 10.0 Å². The molecule has 1 heterocycles. The van der Waals surface area contributed by atoms with Crippen LogP contribution in [0.1, 0.15) is 12.8 Å². The third kappa shape index (κ3) is 3.54. The number of sulfonamides is 1. The summed E-state index contributed by atoms with van der Waals surface area (Å²) in [5.74, 6) is 0.548. The predicted molar refractivity (Wildman–Crippen MR) is 84.6 cm³/mol. The maximum absolute atomic E-state index is 12.6. The summed E-state index contributed by atoms with van der Waals surface area (Å²) in [6, 6.07) is 4.87. The lowest BCUT2D eigenvalue weighted by atomic mass is 9.98. The van der Waals surface area contributed by atoms with Crippen LogP contribution in [0, 0.1) is 5.92 Å². The Bertz CT molecular complexity index is 572. The van der Waals surface area contributed by atoms with Gasteiger partial charge in [-0.15, -0.1) is 0 Å². The standard InChI is InChI=1S/C13H18BrClN2O2S/c1-16-9-10-4-6-17(7-5-10)20(18,19)13-3-2-11(14)8-12(13)15/h2-3,8,10,16H,4-7,9H2,1H3. The molecular formula is C13H18BrClN2O2S. The van der Waals surface area contributed by atoms with Gasteiger partial charge in [0.05, 0.1) is 5.02 Å². The molecule has 20 heavy (non-hydrogen) atoms. The van der Waals surface area contributed by atoms with Gasteiger partial charge in [-0.1, -0.05) is 27.5 Å². The summed E-state index contributed by atoms with van der Waals surface area (Å²) < 4.78 is 27.5. The van der Waals surface area contributed by atoms with Crippen LogP contribution in [0.15, 0.2) is 27.6 Å². The number of hydrogen-bond acceptors (Lipinski definition) is 3. The second-order valence-electron chi connectivity index (χ2n) is 4.98. The average Bonchev–Trinajstić information content (AvgIpc) is 2.39. The third-order valence-corrected chi connectivity index (χ3v) is 6.45. The number of nitrogens with one attached hydrogen (secondary N) is 1. The molecule has 0 amide bonds. The van der Waals surface area contributed by atoms with Crippen molar-refractivity contribution in [2.45, 2.75) is 17.7 Å². The molecule has 1 aliphatic rings. The SMILES string of the molecule is CNCC1CCN(S(=O)(=O)c2ccc(Br)cc2Cl)CC1. The highest BCUT2D eigenvalue weighted by molar-refractivity contribution is 9.10. The van der Waals surface area contributed by atoms with E-state index in [1.165, 1.54) is 4.31 Å². The summed E-state index contributed by atoms with van der Waals surface area (Å²) >= 11 is 9.35. The van der Waals surface area contributed by atoms with Crippen molar-refractivity contribution in [2.75, 3.05) is 26.7 Å². The van der Waals surface area contributed by atoms with Crippen LogP contribution in [-0.2, 0) is 10.0 Å². The molecule has 0 unspecified atom stereocenters. The van der Waals surface area contributed by atoms with Crippen molar-refractivity contribution in [3.63, 3.8) is 0 Å². The van der Waals surface area contributed by atoms with Crippen LogP contribution in [0.5, 0.6) is 0 Å². The third-order valence-electron chi connectivity index (χ3n) is 3.58. The average molecular weight is 382 g/mol. The Morgan fingerprint density at radius 3 is 2.60 bits per heavy atom. The molecule has 1 fully saturated rings. The molecule has 0 atom stereocenters. The molecule has 1 aromatic rings. The van der Waals surface area contributed by atoms with E-state index in [1.807, 2.05) is 7.05 Å². The van der Waals surface area contributed by atoms with E-state index in [0.29, 0.717) is 19.0 Å². The number of rotatable bonds is 4. The Morgan fingerprint density at radius 2 is 2.05 bits per heavy atom. The molecule has 2 rings (SSSR count). The quantitative estimate of drug-likeness (QED) is 0.872. The van der Waals surface area contributed by atoms with Gasteiger partial charge in [0.1, 0.15) is 4.90 Å².